The van der Waals surface area contributed by atoms with Crippen molar-refractivity contribution >= 4 is 31.9 Å². The minimum atomic E-state index is 0.683. The van der Waals surface area contributed by atoms with Crippen molar-refractivity contribution < 1.29 is 0 Å². The Morgan fingerprint density at radius 3 is 1.86 bits per heavy atom. The van der Waals surface area contributed by atoms with E-state index in [0.717, 1.165) is 5.33 Å². The molecule has 0 aromatic rings. The Morgan fingerprint density at radius 1 is 0.857 bits per heavy atom. The van der Waals surface area contributed by atoms with E-state index in [1.807, 2.05) is 0 Å². The van der Waals surface area contributed by atoms with E-state index in [0.29, 0.717) is 4.83 Å². The van der Waals surface area contributed by atoms with Gasteiger partial charge in [0.05, 0.1) is 0 Å². The fourth-order valence-electron chi connectivity index (χ4n) is 1.58. The fraction of sp³-hybridized carbons (Fsp3) is 1.00. The van der Waals surface area contributed by atoms with Gasteiger partial charge in [-0.3, -0.25) is 0 Å². The number of hydrogen-bond donors (Lipinski definition) is 0. The molecule has 0 unspecified atom stereocenters. The Kier molecular flexibility index (Phi) is 12.9. The van der Waals surface area contributed by atoms with Gasteiger partial charge in [0, 0.05) is 10.2 Å². The molecule has 0 fully saturated rings. The highest BCUT2D eigenvalue weighted by atomic mass is 79.9. The van der Waals surface area contributed by atoms with Gasteiger partial charge >= 0.3 is 0 Å². The first-order valence-corrected chi connectivity index (χ1v) is 8.05. The Labute approximate surface area is 106 Å². The van der Waals surface area contributed by atoms with E-state index in [1.165, 1.54) is 57.8 Å². The van der Waals surface area contributed by atoms with Crippen molar-refractivity contribution in [3.63, 3.8) is 0 Å². The van der Waals surface area contributed by atoms with E-state index >= 15 is 0 Å². The average Bonchev–Trinajstić information content (AvgIpc) is 2.21. The van der Waals surface area contributed by atoms with E-state index in [-0.39, 0.29) is 0 Å². The quantitative estimate of drug-likeness (QED) is 0.358. The summed E-state index contributed by atoms with van der Waals surface area (Å²) in [5.41, 5.74) is 0. The summed E-state index contributed by atoms with van der Waals surface area (Å²) in [5.74, 6) is 0. The molecule has 0 nitrogen and oxygen atoms in total. The van der Waals surface area contributed by atoms with Gasteiger partial charge in [0.15, 0.2) is 0 Å². The molecule has 0 aliphatic rings. The van der Waals surface area contributed by atoms with Gasteiger partial charge in [-0.2, -0.15) is 0 Å². The number of hydrogen-bond acceptors (Lipinski definition) is 0. The highest BCUT2D eigenvalue weighted by Gasteiger charge is 2.00. The van der Waals surface area contributed by atoms with Crippen LogP contribution in [0.4, 0.5) is 0 Å². The van der Waals surface area contributed by atoms with Crippen LogP contribution in [0.3, 0.4) is 0 Å². The van der Waals surface area contributed by atoms with Crippen LogP contribution < -0.4 is 0 Å². The van der Waals surface area contributed by atoms with E-state index < -0.39 is 0 Å². The summed E-state index contributed by atoms with van der Waals surface area (Å²) in [6.07, 6.45) is 12.7. The van der Waals surface area contributed by atoms with Gasteiger partial charge in [-0.1, -0.05) is 90.2 Å². The van der Waals surface area contributed by atoms with Crippen LogP contribution in [0.1, 0.15) is 64.7 Å². The molecule has 0 radical (unpaired) electrons. The van der Waals surface area contributed by atoms with Crippen LogP contribution in [0, 0.1) is 0 Å². The molecule has 0 aromatic carbocycles. The summed E-state index contributed by atoms with van der Waals surface area (Å²) in [6.45, 7) is 2.27. The Bertz CT molecular complexity index is 104. The summed E-state index contributed by atoms with van der Waals surface area (Å²) in [7, 11) is 0. The molecule has 1 atom stereocenters. The summed E-state index contributed by atoms with van der Waals surface area (Å²) in [6, 6.07) is 0. The first kappa shape index (κ1) is 15.0. The molecule has 2 heteroatoms. The van der Waals surface area contributed by atoms with Crippen molar-refractivity contribution in [3.05, 3.63) is 0 Å². The highest BCUT2D eigenvalue weighted by Crippen LogP contribution is 2.15. The molecule has 0 amide bonds. The molecule has 0 aromatic heterocycles. The topological polar surface area (TPSA) is 0 Å². The first-order chi connectivity index (χ1) is 6.81. The van der Waals surface area contributed by atoms with Gasteiger partial charge in [0.2, 0.25) is 0 Å². The van der Waals surface area contributed by atoms with Crippen LogP contribution in [0.15, 0.2) is 0 Å². The number of unbranched alkanes of at least 4 members (excludes halogenated alkanes) is 7. The minimum absolute atomic E-state index is 0.683. The van der Waals surface area contributed by atoms with E-state index in [1.54, 1.807) is 0 Å². The summed E-state index contributed by atoms with van der Waals surface area (Å²) < 4.78 is 0. The van der Waals surface area contributed by atoms with Gasteiger partial charge in [0.1, 0.15) is 0 Å². The normalized spacial score (nSPS) is 13.1. The molecule has 0 N–H and O–H groups in total. The molecule has 0 heterocycles. The lowest BCUT2D eigenvalue weighted by Gasteiger charge is -2.05. The van der Waals surface area contributed by atoms with Crippen molar-refractivity contribution in [2.45, 2.75) is 69.5 Å². The second-order valence-corrected chi connectivity index (χ2v) is 5.96. The predicted molar refractivity (Wildman–Crippen MR) is 73.7 cm³/mol. The second-order valence-electron chi connectivity index (χ2n) is 4.02. The van der Waals surface area contributed by atoms with Crippen LogP contribution in [-0.2, 0) is 0 Å². The minimum Gasteiger partial charge on any atom is -0.0916 e. The summed E-state index contributed by atoms with van der Waals surface area (Å²) in [5, 5.41) is 1.09. The third-order valence-corrected chi connectivity index (χ3v) is 4.97. The molecule has 0 saturated carbocycles. The molecular weight excluding hydrogens is 304 g/mol. The molecule has 0 aliphatic carbocycles. The van der Waals surface area contributed by atoms with E-state index in [4.69, 9.17) is 0 Å². The van der Waals surface area contributed by atoms with Gasteiger partial charge in [0.25, 0.3) is 0 Å². The van der Waals surface area contributed by atoms with E-state index in [2.05, 4.69) is 38.8 Å². The van der Waals surface area contributed by atoms with Gasteiger partial charge in [-0.15, -0.1) is 0 Å². The first-order valence-electron chi connectivity index (χ1n) is 6.01. The molecule has 0 bridgehead atoms. The van der Waals surface area contributed by atoms with Crippen molar-refractivity contribution in [1.29, 1.82) is 0 Å². The molecule has 0 aliphatic heterocycles. The third kappa shape index (κ3) is 11.0. The third-order valence-electron chi connectivity index (χ3n) is 2.54. The zero-order chi connectivity index (χ0) is 10.6. The number of alkyl halides is 2. The Morgan fingerprint density at radius 2 is 1.36 bits per heavy atom. The largest absolute Gasteiger partial charge is 0.0916 e. The number of rotatable bonds is 10. The maximum Gasteiger partial charge on any atom is 0.0242 e. The van der Waals surface area contributed by atoms with Crippen molar-refractivity contribution in [2.75, 3.05) is 5.33 Å². The molecule has 0 saturated heterocycles. The van der Waals surface area contributed by atoms with E-state index in [9.17, 15) is 0 Å². The van der Waals surface area contributed by atoms with Crippen LogP contribution in [-0.4, -0.2) is 10.2 Å². The second kappa shape index (κ2) is 12.0. The van der Waals surface area contributed by atoms with Crippen LogP contribution in [0.25, 0.3) is 0 Å². The predicted octanol–water partition coefficient (Wildman–Crippen LogP) is 5.68. The monoisotopic (exact) mass is 326 g/mol. The molecule has 86 valence electrons. The SMILES string of the molecule is CCCCCCCCCC[C@@H](Br)CBr. The average molecular weight is 328 g/mol. The van der Waals surface area contributed by atoms with Gasteiger partial charge in [-0.25, -0.2) is 0 Å². The fourth-order valence-corrected chi connectivity index (χ4v) is 2.22. The Balaban J connectivity index is 2.92. The summed E-state index contributed by atoms with van der Waals surface area (Å²) in [4.78, 5) is 0.683. The smallest absolute Gasteiger partial charge is 0.0242 e. The van der Waals surface area contributed by atoms with Crippen molar-refractivity contribution in [3.8, 4) is 0 Å². The van der Waals surface area contributed by atoms with Crippen LogP contribution >= 0.6 is 31.9 Å². The highest BCUT2D eigenvalue weighted by molar-refractivity contribution is 9.12. The Hall–Kier alpha value is 0.960. The zero-order valence-corrected chi connectivity index (χ0v) is 12.6. The molecule has 0 rings (SSSR count). The molecule has 14 heavy (non-hydrogen) atoms. The van der Waals surface area contributed by atoms with Crippen molar-refractivity contribution in [2.24, 2.45) is 0 Å². The molecule has 0 spiro atoms. The van der Waals surface area contributed by atoms with Crippen LogP contribution in [0.2, 0.25) is 0 Å². The maximum absolute atomic E-state index is 3.63. The van der Waals surface area contributed by atoms with Crippen molar-refractivity contribution in [1.82, 2.24) is 0 Å². The summed E-state index contributed by atoms with van der Waals surface area (Å²) >= 11 is 7.11. The molecular formula is C12H24Br2. The van der Waals surface area contributed by atoms with Gasteiger partial charge in [-0.05, 0) is 6.42 Å². The van der Waals surface area contributed by atoms with Gasteiger partial charge < -0.3 is 0 Å². The lowest BCUT2D eigenvalue weighted by Crippen LogP contribution is -1.97. The number of halogens is 2. The lowest BCUT2D eigenvalue weighted by atomic mass is 10.1. The lowest BCUT2D eigenvalue weighted by molar-refractivity contribution is 0.566. The van der Waals surface area contributed by atoms with Crippen LogP contribution in [0.5, 0.6) is 0 Å². The standard InChI is InChI=1S/C12H24Br2/c1-2-3-4-5-6-7-8-9-10-12(14)11-13/h12H,2-11H2,1H3/t12-/m1/s1. The maximum atomic E-state index is 3.63. The zero-order valence-electron chi connectivity index (χ0n) is 9.40.